The maximum absolute atomic E-state index is 12.5. The largest absolute Gasteiger partial charge is 0.488 e. The lowest BCUT2D eigenvalue weighted by Crippen LogP contribution is -2.15. The van der Waals surface area contributed by atoms with Crippen LogP contribution >= 0.6 is 0 Å². The van der Waals surface area contributed by atoms with Gasteiger partial charge in [0.25, 0.3) is 5.91 Å². The molecule has 1 N–H and O–H groups in total. The minimum Gasteiger partial charge on any atom is -0.488 e. The molecule has 0 fully saturated rings. The van der Waals surface area contributed by atoms with Crippen molar-refractivity contribution in [3.63, 3.8) is 0 Å². The van der Waals surface area contributed by atoms with E-state index in [9.17, 15) is 4.79 Å². The average Bonchev–Trinajstić information content (AvgIpc) is 3.20. The molecule has 7 nitrogen and oxygen atoms in total. The molecule has 0 aliphatic carbocycles. The van der Waals surface area contributed by atoms with Crippen LogP contribution in [-0.4, -0.2) is 20.8 Å². The van der Waals surface area contributed by atoms with Crippen LogP contribution < -0.4 is 10.1 Å². The molecule has 0 spiro atoms. The highest BCUT2D eigenvalue weighted by Crippen LogP contribution is 2.22. The molecule has 0 radical (unpaired) electrons. The van der Waals surface area contributed by atoms with Crippen LogP contribution in [0.25, 0.3) is 0 Å². The van der Waals surface area contributed by atoms with E-state index in [4.69, 9.17) is 9.26 Å². The van der Waals surface area contributed by atoms with Crippen LogP contribution in [0.3, 0.4) is 0 Å². The van der Waals surface area contributed by atoms with E-state index in [0.717, 1.165) is 17.9 Å². The molecule has 0 saturated carbocycles. The summed E-state index contributed by atoms with van der Waals surface area (Å²) in [5.41, 5.74) is 3.67. The molecule has 26 heavy (non-hydrogen) atoms. The van der Waals surface area contributed by atoms with Gasteiger partial charge in [0.05, 0.1) is 17.4 Å². The molecular weight excluding hydrogens is 332 g/mol. The van der Waals surface area contributed by atoms with Crippen molar-refractivity contribution in [3.8, 4) is 5.75 Å². The number of carbonyl (C=O) groups excluding carboxylic acids is 1. The van der Waals surface area contributed by atoms with Gasteiger partial charge in [0.1, 0.15) is 18.1 Å². The lowest BCUT2D eigenvalue weighted by molar-refractivity contribution is 0.101. The molecule has 3 rings (SSSR count). The number of aryl methyl sites for hydroxylation is 4. The lowest BCUT2D eigenvalue weighted by Gasteiger charge is -2.10. The molecule has 0 atom stereocenters. The number of rotatable bonds is 6. The van der Waals surface area contributed by atoms with Crippen LogP contribution in [0.15, 0.2) is 35.1 Å². The molecule has 136 valence electrons. The van der Waals surface area contributed by atoms with Crippen molar-refractivity contribution in [2.75, 3.05) is 5.32 Å². The normalized spacial score (nSPS) is 10.8. The summed E-state index contributed by atoms with van der Waals surface area (Å²) in [6, 6.07) is 5.96. The van der Waals surface area contributed by atoms with Crippen LogP contribution in [0.2, 0.25) is 0 Å². The Morgan fingerprint density at radius 2 is 2.12 bits per heavy atom. The third-order valence-corrected chi connectivity index (χ3v) is 4.12. The average molecular weight is 354 g/mol. The van der Waals surface area contributed by atoms with Crippen molar-refractivity contribution in [2.45, 2.75) is 40.8 Å². The van der Waals surface area contributed by atoms with E-state index in [-0.39, 0.29) is 18.2 Å². The molecule has 2 heterocycles. The van der Waals surface area contributed by atoms with Gasteiger partial charge in [-0.25, -0.2) is 0 Å². The first kappa shape index (κ1) is 17.7. The van der Waals surface area contributed by atoms with E-state index < -0.39 is 0 Å². The summed E-state index contributed by atoms with van der Waals surface area (Å²) in [7, 11) is 0. The monoisotopic (exact) mass is 354 g/mol. The molecule has 7 heteroatoms. The Balaban J connectivity index is 1.74. The first-order valence-corrected chi connectivity index (χ1v) is 8.47. The van der Waals surface area contributed by atoms with Gasteiger partial charge in [-0.15, -0.1) is 0 Å². The van der Waals surface area contributed by atoms with E-state index in [1.165, 1.54) is 5.56 Å². The molecule has 0 bridgehead atoms. The second-order valence-electron chi connectivity index (χ2n) is 6.16. The first-order valence-electron chi connectivity index (χ1n) is 8.47. The molecule has 0 saturated heterocycles. The molecule has 1 aromatic carbocycles. The number of hydrogen-bond donors (Lipinski definition) is 1. The number of carbonyl (C=O) groups is 1. The fourth-order valence-corrected chi connectivity index (χ4v) is 2.64. The van der Waals surface area contributed by atoms with Gasteiger partial charge in [-0.1, -0.05) is 22.9 Å². The SMILES string of the molecule is CCn1cc(NC(=O)c2noc(C)c2COc2ccc(C)cc2C)cn1. The van der Waals surface area contributed by atoms with Crippen LogP contribution in [0.4, 0.5) is 5.69 Å². The molecule has 3 aromatic rings. The number of amides is 1. The summed E-state index contributed by atoms with van der Waals surface area (Å²) in [6.45, 7) is 8.69. The second-order valence-corrected chi connectivity index (χ2v) is 6.16. The van der Waals surface area contributed by atoms with Crippen LogP contribution in [0.1, 0.15) is 39.9 Å². The summed E-state index contributed by atoms with van der Waals surface area (Å²) < 4.78 is 12.8. The zero-order valence-corrected chi connectivity index (χ0v) is 15.4. The van der Waals surface area contributed by atoms with Gasteiger partial charge >= 0.3 is 0 Å². The number of hydrogen-bond acceptors (Lipinski definition) is 5. The minimum atomic E-state index is -0.350. The number of benzene rings is 1. The number of aromatic nitrogens is 3. The smallest absolute Gasteiger partial charge is 0.278 e. The summed E-state index contributed by atoms with van der Waals surface area (Å²) >= 11 is 0. The van der Waals surface area contributed by atoms with Crippen LogP contribution in [0, 0.1) is 20.8 Å². The predicted octanol–water partition coefficient (Wildman–Crippen LogP) is 3.65. The first-order chi connectivity index (χ1) is 12.5. The maximum atomic E-state index is 12.5. The Labute approximate surface area is 151 Å². The maximum Gasteiger partial charge on any atom is 0.278 e. The van der Waals surface area contributed by atoms with Crippen molar-refractivity contribution in [1.29, 1.82) is 0 Å². The Morgan fingerprint density at radius 1 is 1.31 bits per heavy atom. The van der Waals surface area contributed by atoms with Gasteiger partial charge in [-0.2, -0.15) is 5.10 Å². The van der Waals surface area contributed by atoms with Crippen molar-refractivity contribution in [3.05, 3.63) is 58.7 Å². The summed E-state index contributed by atoms with van der Waals surface area (Å²) in [6.07, 6.45) is 3.36. The summed E-state index contributed by atoms with van der Waals surface area (Å²) in [4.78, 5) is 12.5. The molecule has 0 unspecified atom stereocenters. The topological polar surface area (TPSA) is 82.2 Å². The fourth-order valence-electron chi connectivity index (χ4n) is 2.64. The van der Waals surface area contributed by atoms with E-state index in [0.29, 0.717) is 17.0 Å². The number of ether oxygens (including phenoxy) is 1. The molecule has 0 aliphatic rings. The highest BCUT2D eigenvalue weighted by atomic mass is 16.5. The Morgan fingerprint density at radius 3 is 2.81 bits per heavy atom. The Hall–Kier alpha value is -3.09. The number of nitrogens with one attached hydrogen (secondary N) is 1. The Kier molecular flexibility index (Phi) is 5.06. The van der Waals surface area contributed by atoms with Gasteiger partial charge in [0.2, 0.25) is 0 Å². The van der Waals surface area contributed by atoms with Crippen molar-refractivity contribution < 1.29 is 14.1 Å². The van der Waals surface area contributed by atoms with Crippen LogP contribution in [-0.2, 0) is 13.2 Å². The van der Waals surface area contributed by atoms with E-state index in [1.807, 2.05) is 32.9 Å². The Bertz CT molecular complexity index is 927. The number of nitrogens with zero attached hydrogens (tertiary/aromatic N) is 3. The van der Waals surface area contributed by atoms with Gasteiger partial charge in [0, 0.05) is 12.7 Å². The third kappa shape index (κ3) is 3.77. The van der Waals surface area contributed by atoms with Gasteiger partial charge < -0.3 is 14.6 Å². The van der Waals surface area contributed by atoms with Crippen LogP contribution in [0.5, 0.6) is 5.75 Å². The highest BCUT2D eigenvalue weighted by molar-refractivity contribution is 6.03. The van der Waals surface area contributed by atoms with Gasteiger partial charge in [-0.3, -0.25) is 9.48 Å². The third-order valence-electron chi connectivity index (χ3n) is 4.12. The minimum absolute atomic E-state index is 0.205. The van der Waals surface area contributed by atoms with Crippen molar-refractivity contribution in [2.24, 2.45) is 0 Å². The fraction of sp³-hybridized carbons (Fsp3) is 0.316. The summed E-state index contributed by atoms with van der Waals surface area (Å²) in [5.74, 6) is 0.979. The lowest BCUT2D eigenvalue weighted by atomic mass is 10.1. The highest BCUT2D eigenvalue weighted by Gasteiger charge is 2.21. The molecule has 2 aromatic heterocycles. The summed E-state index contributed by atoms with van der Waals surface area (Å²) in [5, 5.41) is 10.8. The van der Waals surface area contributed by atoms with Gasteiger partial charge in [-0.05, 0) is 39.3 Å². The predicted molar refractivity (Wildman–Crippen MR) is 97.3 cm³/mol. The van der Waals surface area contributed by atoms with E-state index >= 15 is 0 Å². The molecular formula is C19H22N4O3. The van der Waals surface area contributed by atoms with Gasteiger partial charge in [0.15, 0.2) is 5.69 Å². The standard InChI is InChI=1S/C19H22N4O3/c1-5-23-10-15(9-20-23)21-19(24)18-16(14(4)26-22-18)11-25-17-7-6-12(2)8-13(17)3/h6-10H,5,11H2,1-4H3,(H,21,24). The zero-order chi connectivity index (χ0) is 18.7. The van der Waals surface area contributed by atoms with E-state index in [1.54, 1.807) is 24.0 Å². The zero-order valence-electron chi connectivity index (χ0n) is 15.4. The van der Waals surface area contributed by atoms with Crippen molar-refractivity contribution >= 4 is 11.6 Å². The number of anilines is 1. The molecule has 0 aliphatic heterocycles. The van der Waals surface area contributed by atoms with E-state index in [2.05, 4.69) is 21.6 Å². The van der Waals surface area contributed by atoms with Crippen molar-refractivity contribution in [1.82, 2.24) is 14.9 Å². The molecule has 1 amide bonds. The second kappa shape index (κ2) is 7.43. The quantitative estimate of drug-likeness (QED) is 0.731.